The summed E-state index contributed by atoms with van der Waals surface area (Å²) in [7, 11) is 0. The van der Waals surface area contributed by atoms with E-state index in [1.165, 1.54) is 43.6 Å². The SMILES string of the molecule is c1ccc(CC2CCN(Cc3ccc[nH]3)CC2)cc1. The molecule has 0 unspecified atom stereocenters. The molecule has 1 aliphatic heterocycles. The summed E-state index contributed by atoms with van der Waals surface area (Å²) in [5.74, 6) is 0.863. The Morgan fingerprint density at radius 3 is 2.47 bits per heavy atom. The molecule has 1 N–H and O–H groups in total. The third-order valence-corrected chi connectivity index (χ3v) is 4.13. The molecule has 100 valence electrons. The van der Waals surface area contributed by atoms with E-state index in [0.29, 0.717) is 0 Å². The van der Waals surface area contributed by atoms with Crippen molar-refractivity contribution in [1.82, 2.24) is 9.88 Å². The number of nitrogens with zero attached hydrogens (tertiary/aromatic N) is 1. The van der Waals surface area contributed by atoms with Gasteiger partial charge in [-0.2, -0.15) is 0 Å². The second-order valence-corrected chi connectivity index (χ2v) is 5.60. The molecule has 0 radical (unpaired) electrons. The summed E-state index contributed by atoms with van der Waals surface area (Å²) in [6.45, 7) is 3.54. The number of hydrogen-bond acceptors (Lipinski definition) is 1. The summed E-state index contributed by atoms with van der Waals surface area (Å²) < 4.78 is 0. The van der Waals surface area contributed by atoms with Crippen molar-refractivity contribution in [3.05, 3.63) is 59.9 Å². The van der Waals surface area contributed by atoms with E-state index in [1.54, 1.807) is 0 Å². The Kier molecular flexibility index (Phi) is 3.99. The zero-order valence-electron chi connectivity index (χ0n) is 11.4. The van der Waals surface area contributed by atoms with Crippen LogP contribution in [0.5, 0.6) is 0 Å². The molecule has 1 fully saturated rings. The lowest BCUT2D eigenvalue weighted by Crippen LogP contribution is -2.33. The van der Waals surface area contributed by atoms with Crippen molar-refractivity contribution in [2.75, 3.05) is 13.1 Å². The molecule has 0 amide bonds. The molecular weight excluding hydrogens is 232 g/mol. The van der Waals surface area contributed by atoms with Crippen molar-refractivity contribution in [3.8, 4) is 0 Å². The fourth-order valence-electron chi connectivity index (χ4n) is 3.00. The van der Waals surface area contributed by atoms with Gasteiger partial charge in [0.2, 0.25) is 0 Å². The lowest BCUT2D eigenvalue weighted by Gasteiger charge is -2.31. The first-order chi connectivity index (χ1) is 9.40. The Morgan fingerprint density at radius 2 is 1.79 bits per heavy atom. The second kappa shape index (κ2) is 6.07. The molecule has 2 aromatic rings. The molecule has 2 heteroatoms. The van der Waals surface area contributed by atoms with Crippen LogP contribution < -0.4 is 0 Å². The number of hydrogen-bond donors (Lipinski definition) is 1. The van der Waals surface area contributed by atoms with Crippen molar-refractivity contribution in [1.29, 1.82) is 0 Å². The van der Waals surface area contributed by atoms with Gasteiger partial charge in [0.25, 0.3) is 0 Å². The number of benzene rings is 1. The number of piperidine rings is 1. The van der Waals surface area contributed by atoms with Crippen molar-refractivity contribution in [3.63, 3.8) is 0 Å². The molecule has 1 saturated heterocycles. The first-order valence-electron chi connectivity index (χ1n) is 7.29. The van der Waals surface area contributed by atoms with Gasteiger partial charge in [-0.25, -0.2) is 0 Å². The second-order valence-electron chi connectivity index (χ2n) is 5.60. The first kappa shape index (κ1) is 12.5. The van der Waals surface area contributed by atoms with Gasteiger partial charge in [-0.15, -0.1) is 0 Å². The first-order valence-corrected chi connectivity index (χ1v) is 7.29. The van der Waals surface area contributed by atoms with E-state index < -0.39 is 0 Å². The van der Waals surface area contributed by atoms with Gasteiger partial charge in [0.05, 0.1) is 0 Å². The topological polar surface area (TPSA) is 19.0 Å². The van der Waals surface area contributed by atoms with Crippen LogP contribution in [0.2, 0.25) is 0 Å². The van der Waals surface area contributed by atoms with Gasteiger partial charge in [-0.05, 0) is 56.0 Å². The van der Waals surface area contributed by atoms with Crippen molar-refractivity contribution < 1.29 is 0 Å². The fourth-order valence-corrected chi connectivity index (χ4v) is 3.00. The molecule has 0 spiro atoms. The summed E-state index contributed by atoms with van der Waals surface area (Å²) in [5.41, 5.74) is 2.83. The predicted molar refractivity (Wildman–Crippen MR) is 78.9 cm³/mol. The van der Waals surface area contributed by atoms with Crippen LogP contribution in [0.4, 0.5) is 0 Å². The molecule has 1 aliphatic rings. The summed E-state index contributed by atoms with van der Waals surface area (Å²) in [5, 5.41) is 0. The van der Waals surface area contributed by atoms with Crippen LogP contribution in [0.3, 0.4) is 0 Å². The average Bonchev–Trinajstić information content (AvgIpc) is 2.95. The number of rotatable bonds is 4. The van der Waals surface area contributed by atoms with Crippen LogP contribution in [0.15, 0.2) is 48.7 Å². The molecule has 2 nitrogen and oxygen atoms in total. The number of likely N-dealkylation sites (tertiary alicyclic amines) is 1. The van der Waals surface area contributed by atoms with Gasteiger partial charge >= 0.3 is 0 Å². The highest BCUT2D eigenvalue weighted by Crippen LogP contribution is 2.22. The third-order valence-electron chi connectivity index (χ3n) is 4.13. The summed E-state index contributed by atoms with van der Waals surface area (Å²) in [6, 6.07) is 15.2. The Bertz CT molecular complexity index is 467. The maximum atomic E-state index is 3.29. The molecular formula is C17H22N2. The minimum Gasteiger partial charge on any atom is -0.364 e. The van der Waals surface area contributed by atoms with Gasteiger partial charge < -0.3 is 4.98 Å². The number of aromatic amines is 1. The van der Waals surface area contributed by atoms with Crippen LogP contribution in [-0.4, -0.2) is 23.0 Å². The molecule has 3 rings (SSSR count). The van der Waals surface area contributed by atoms with E-state index in [9.17, 15) is 0 Å². The van der Waals surface area contributed by atoms with Gasteiger partial charge in [-0.1, -0.05) is 30.3 Å². The Labute approximate surface area is 115 Å². The average molecular weight is 254 g/mol. The van der Waals surface area contributed by atoms with E-state index in [4.69, 9.17) is 0 Å². The highest BCUT2D eigenvalue weighted by molar-refractivity contribution is 5.15. The van der Waals surface area contributed by atoms with Gasteiger partial charge in [0.15, 0.2) is 0 Å². The highest BCUT2D eigenvalue weighted by Gasteiger charge is 2.19. The van der Waals surface area contributed by atoms with Crippen LogP contribution in [0.25, 0.3) is 0 Å². The predicted octanol–water partition coefficient (Wildman–Crippen LogP) is 3.47. The van der Waals surface area contributed by atoms with Crippen LogP contribution in [-0.2, 0) is 13.0 Å². The highest BCUT2D eigenvalue weighted by atomic mass is 15.1. The molecule has 0 saturated carbocycles. The molecule has 19 heavy (non-hydrogen) atoms. The number of nitrogens with one attached hydrogen (secondary N) is 1. The third kappa shape index (κ3) is 3.48. The van der Waals surface area contributed by atoms with Crippen LogP contribution in [0, 0.1) is 5.92 Å². The maximum absolute atomic E-state index is 3.29. The van der Waals surface area contributed by atoms with Gasteiger partial charge in [-0.3, -0.25) is 4.90 Å². The molecule has 0 bridgehead atoms. The van der Waals surface area contributed by atoms with Gasteiger partial charge in [0, 0.05) is 18.4 Å². The van der Waals surface area contributed by atoms with Crippen LogP contribution >= 0.6 is 0 Å². The Morgan fingerprint density at radius 1 is 1.00 bits per heavy atom. The zero-order valence-corrected chi connectivity index (χ0v) is 11.4. The summed E-state index contributed by atoms with van der Waals surface area (Å²) in [4.78, 5) is 5.86. The normalized spacial score (nSPS) is 17.7. The summed E-state index contributed by atoms with van der Waals surface area (Å²) >= 11 is 0. The van der Waals surface area contributed by atoms with Crippen LogP contribution in [0.1, 0.15) is 24.1 Å². The lowest BCUT2D eigenvalue weighted by atomic mass is 9.90. The van der Waals surface area contributed by atoms with E-state index >= 15 is 0 Å². The molecule has 1 aromatic heterocycles. The molecule has 0 atom stereocenters. The number of aromatic nitrogens is 1. The van der Waals surface area contributed by atoms with E-state index in [1.807, 2.05) is 6.20 Å². The van der Waals surface area contributed by atoms with E-state index in [2.05, 4.69) is 52.3 Å². The van der Waals surface area contributed by atoms with Crippen molar-refractivity contribution >= 4 is 0 Å². The van der Waals surface area contributed by atoms with Gasteiger partial charge in [0.1, 0.15) is 0 Å². The summed E-state index contributed by atoms with van der Waals surface area (Å²) in [6.07, 6.45) is 5.92. The zero-order chi connectivity index (χ0) is 12.9. The monoisotopic (exact) mass is 254 g/mol. The minimum absolute atomic E-state index is 0.863. The Hall–Kier alpha value is -1.54. The molecule has 0 aliphatic carbocycles. The standard InChI is InChI=1S/C17H22N2/c1-2-5-15(6-3-1)13-16-8-11-19(12-9-16)14-17-7-4-10-18-17/h1-7,10,16,18H,8-9,11-14H2. The quantitative estimate of drug-likeness (QED) is 0.885. The van der Waals surface area contributed by atoms with Crippen molar-refractivity contribution in [2.45, 2.75) is 25.8 Å². The van der Waals surface area contributed by atoms with E-state index in [-0.39, 0.29) is 0 Å². The van der Waals surface area contributed by atoms with Crippen molar-refractivity contribution in [2.24, 2.45) is 5.92 Å². The minimum atomic E-state index is 0.863. The maximum Gasteiger partial charge on any atom is 0.0385 e. The largest absolute Gasteiger partial charge is 0.364 e. The Balaban J connectivity index is 1.47. The lowest BCUT2D eigenvalue weighted by molar-refractivity contribution is 0.175. The van der Waals surface area contributed by atoms with E-state index in [0.717, 1.165) is 12.5 Å². The molecule has 2 heterocycles. The smallest absolute Gasteiger partial charge is 0.0385 e. The number of H-pyrrole nitrogens is 1. The fraction of sp³-hybridized carbons (Fsp3) is 0.412. The molecule has 1 aromatic carbocycles.